The minimum atomic E-state index is -1.14. The normalized spacial score (nSPS) is 20.1. The Kier molecular flexibility index (Phi) is 5.95. The van der Waals surface area contributed by atoms with Gasteiger partial charge in [-0.25, -0.2) is 28.6 Å². The SMILES string of the molecule is O=C(O)N1OCC[C@H]1c1cccc(Nc2cc(N3OCC[C@@H]3c3cccc(F)c3F)ncn2)c1. The van der Waals surface area contributed by atoms with Gasteiger partial charge in [-0.2, -0.15) is 5.06 Å². The maximum Gasteiger partial charge on any atom is 0.432 e. The molecule has 11 heteroatoms. The van der Waals surface area contributed by atoms with Crippen LogP contribution >= 0.6 is 0 Å². The molecule has 2 aromatic carbocycles. The second-order valence-electron chi connectivity index (χ2n) is 7.86. The van der Waals surface area contributed by atoms with Gasteiger partial charge in [-0.05, 0) is 23.8 Å². The molecule has 3 aromatic rings. The van der Waals surface area contributed by atoms with Gasteiger partial charge in [-0.3, -0.25) is 9.68 Å². The van der Waals surface area contributed by atoms with E-state index in [4.69, 9.17) is 9.68 Å². The summed E-state index contributed by atoms with van der Waals surface area (Å²) in [6.07, 6.45) is 1.23. The Morgan fingerprint density at radius 1 is 1.03 bits per heavy atom. The van der Waals surface area contributed by atoms with Gasteiger partial charge < -0.3 is 10.4 Å². The number of nitrogens with one attached hydrogen (secondary N) is 1. The number of carboxylic acid groups (broad SMARTS) is 1. The van der Waals surface area contributed by atoms with Crippen molar-refractivity contribution < 1.29 is 28.4 Å². The lowest BCUT2D eigenvalue weighted by atomic mass is 10.0. The largest absolute Gasteiger partial charge is 0.463 e. The zero-order chi connectivity index (χ0) is 23.7. The molecule has 1 amide bonds. The summed E-state index contributed by atoms with van der Waals surface area (Å²) in [6.45, 7) is 0.659. The molecule has 9 nitrogen and oxygen atoms in total. The number of hydrogen-bond acceptors (Lipinski definition) is 7. The molecule has 0 saturated carbocycles. The highest BCUT2D eigenvalue weighted by atomic mass is 19.2. The van der Waals surface area contributed by atoms with Crippen LogP contribution in [-0.4, -0.2) is 39.4 Å². The molecular weight excluding hydrogens is 448 g/mol. The number of hydrogen-bond donors (Lipinski definition) is 2. The van der Waals surface area contributed by atoms with Crippen molar-refractivity contribution in [2.45, 2.75) is 24.9 Å². The molecule has 0 aliphatic carbocycles. The maximum atomic E-state index is 14.4. The van der Waals surface area contributed by atoms with E-state index in [1.807, 2.05) is 24.3 Å². The summed E-state index contributed by atoms with van der Waals surface area (Å²) >= 11 is 0. The fraction of sp³-hybridized carbons (Fsp3) is 0.261. The zero-order valence-corrected chi connectivity index (χ0v) is 17.9. The monoisotopic (exact) mass is 469 g/mol. The number of carbonyl (C=O) groups is 1. The first kappa shape index (κ1) is 22.0. The van der Waals surface area contributed by atoms with Crippen molar-refractivity contribution >= 4 is 23.4 Å². The molecular formula is C23H21F2N5O4. The van der Waals surface area contributed by atoms with Crippen LogP contribution in [0.3, 0.4) is 0 Å². The molecule has 34 heavy (non-hydrogen) atoms. The van der Waals surface area contributed by atoms with Crippen molar-refractivity contribution in [3.05, 3.63) is 77.6 Å². The Labute approximate surface area is 193 Å². The minimum absolute atomic E-state index is 0.195. The van der Waals surface area contributed by atoms with Crippen LogP contribution in [0.5, 0.6) is 0 Å². The highest BCUT2D eigenvalue weighted by Gasteiger charge is 2.33. The molecule has 2 atom stereocenters. The Bertz CT molecular complexity index is 1210. The second kappa shape index (κ2) is 9.20. The zero-order valence-electron chi connectivity index (χ0n) is 17.9. The number of aromatic nitrogens is 2. The van der Waals surface area contributed by atoms with E-state index in [2.05, 4.69) is 15.3 Å². The van der Waals surface area contributed by atoms with E-state index in [-0.39, 0.29) is 5.56 Å². The molecule has 2 N–H and O–H groups in total. The first-order valence-corrected chi connectivity index (χ1v) is 10.7. The van der Waals surface area contributed by atoms with Gasteiger partial charge >= 0.3 is 6.09 Å². The van der Waals surface area contributed by atoms with Gasteiger partial charge in [-0.1, -0.05) is 24.3 Å². The Hall–Kier alpha value is -3.83. The summed E-state index contributed by atoms with van der Waals surface area (Å²) in [4.78, 5) is 30.8. The third-order valence-corrected chi connectivity index (χ3v) is 5.76. The third kappa shape index (κ3) is 4.22. The van der Waals surface area contributed by atoms with Gasteiger partial charge in [0.25, 0.3) is 0 Å². The molecule has 5 rings (SSSR count). The number of halogens is 2. The Morgan fingerprint density at radius 3 is 2.68 bits per heavy atom. The summed E-state index contributed by atoms with van der Waals surface area (Å²) in [6, 6.07) is 12.1. The predicted octanol–water partition coefficient (Wildman–Crippen LogP) is 4.74. The van der Waals surface area contributed by atoms with Crippen molar-refractivity contribution in [1.29, 1.82) is 0 Å². The van der Waals surface area contributed by atoms with Crippen molar-refractivity contribution in [3.8, 4) is 0 Å². The average Bonchev–Trinajstić information content (AvgIpc) is 3.51. The number of nitrogens with zero attached hydrogens (tertiary/aromatic N) is 4. The van der Waals surface area contributed by atoms with Crippen LogP contribution in [0.2, 0.25) is 0 Å². The first-order valence-electron chi connectivity index (χ1n) is 10.7. The summed E-state index contributed by atoms with van der Waals surface area (Å²) < 4.78 is 28.2. The standard InChI is InChI=1S/C23H21F2N5O4/c24-17-6-2-5-16(22(17)25)19-8-10-33-29(19)21-12-20(26-13-27-21)28-15-4-1-3-14(11-15)18-7-9-34-30(18)23(31)32/h1-6,11-13,18-19H,7-10H2,(H,31,32)(H,26,27,28)/t18-,19+/m0/s1. The smallest absolute Gasteiger partial charge is 0.432 e. The van der Waals surface area contributed by atoms with E-state index in [9.17, 15) is 18.7 Å². The van der Waals surface area contributed by atoms with E-state index < -0.39 is 29.8 Å². The molecule has 1 aromatic heterocycles. The van der Waals surface area contributed by atoms with Gasteiger partial charge in [0, 0.05) is 30.2 Å². The molecule has 2 saturated heterocycles. The van der Waals surface area contributed by atoms with Gasteiger partial charge in [0.15, 0.2) is 17.5 Å². The Balaban J connectivity index is 1.37. The van der Waals surface area contributed by atoms with Gasteiger partial charge in [0.05, 0.1) is 25.3 Å². The Morgan fingerprint density at radius 2 is 1.82 bits per heavy atom. The fourth-order valence-electron chi connectivity index (χ4n) is 4.22. The molecule has 3 heterocycles. The quantitative estimate of drug-likeness (QED) is 0.553. The maximum absolute atomic E-state index is 14.4. The van der Waals surface area contributed by atoms with Crippen LogP contribution in [-0.2, 0) is 9.68 Å². The predicted molar refractivity (Wildman–Crippen MR) is 117 cm³/mol. The lowest BCUT2D eigenvalue weighted by Crippen LogP contribution is -2.27. The van der Waals surface area contributed by atoms with Crippen molar-refractivity contribution in [1.82, 2.24) is 15.0 Å². The third-order valence-electron chi connectivity index (χ3n) is 5.76. The van der Waals surface area contributed by atoms with Gasteiger partial charge in [-0.15, -0.1) is 0 Å². The second-order valence-corrected chi connectivity index (χ2v) is 7.86. The van der Waals surface area contributed by atoms with Crippen LogP contribution < -0.4 is 10.4 Å². The molecule has 0 bridgehead atoms. The van der Waals surface area contributed by atoms with E-state index in [0.29, 0.717) is 43.4 Å². The van der Waals surface area contributed by atoms with E-state index >= 15 is 0 Å². The first-order chi connectivity index (χ1) is 16.5. The number of rotatable bonds is 5. The van der Waals surface area contributed by atoms with Crippen LogP contribution in [0.15, 0.2) is 54.9 Å². The molecule has 176 valence electrons. The fourth-order valence-corrected chi connectivity index (χ4v) is 4.22. The number of anilines is 3. The number of benzene rings is 2. The minimum Gasteiger partial charge on any atom is -0.463 e. The average molecular weight is 469 g/mol. The summed E-state index contributed by atoms with van der Waals surface area (Å²) in [5, 5.41) is 14.9. The highest BCUT2D eigenvalue weighted by molar-refractivity contribution is 5.65. The molecule has 2 aliphatic rings. The molecule has 0 spiro atoms. The lowest BCUT2D eigenvalue weighted by molar-refractivity contribution is -0.104. The van der Waals surface area contributed by atoms with E-state index in [0.717, 1.165) is 16.7 Å². The van der Waals surface area contributed by atoms with E-state index in [1.165, 1.54) is 23.5 Å². The van der Waals surface area contributed by atoms with Crippen LogP contribution in [0.4, 0.5) is 30.9 Å². The van der Waals surface area contributed by atoms with Crippen LogP contribution in [0.1, 0.15) is 36.1 Å². The molecule has 0 unspecified atom stereocenters. The molecule has 2 aliphatic heterocycles. The highest BCUT2D eigenvalue weighted by Crippen LogP contribution is 2.36. The van der Waals surface area contributed by atoms with Gasteiger partial charge in [0.2, 0.25) is 0 Å². The summed E-state index contributed by atoms with van der Waals surface area (Å²) in [5.41, 5.74) is 1.67. The van der Waals surface area contributed by atoms with Crippen molar-refractivity contribution in [2.75, 3.05) is 23.6 Å². The lowest BCUT2D eigenvalue weighted by Gasteiger charge is -2.24. The summed E-state index contributed by atoms with van der Waals surface area (Å²) in [7, 11) is 0. The molecule has 0 radical (unpaired) electrons. The topological polar surface area (TPSA) is 100 Å². The van der Waals surface area contributed by atoms with Crippen molar-refractivity contribution in [3.63, 3.8) is 0 Å². The van der Waals surface area contributed by atoms with E-state index in [1.54, 1.807) is 6.07 Å². The summed E-state index contributed by atoms with van der Waals surface area (Å²) in [5.74, 6) is -0.975. The van der Waals surface area contributed by atoms with Crippen LogP contribution in [0.25, 0.3) is 0 Å². The molecule has 2 fully saturated rings. The number of amides is 1. The van der Waals surface area contributed by atoms with Crippen molar-refractivity contribution in [2.24, 2.45) is 0 Å². The number of hydroxylamine groups is 3. The van der Waals surface area contributed by atoms with Crippen LogP contribution in [0, 0.1) is 11.6 Å². The van der Waals surface area contributed by atoms with Gasteiger partial charge in [0.1, 0.15) is 12.1 Å².